The van der Waals surface area contributed by atoms with Gasteiger partial charge < -0.3 is 24.8 Å². The normalized spacial score (nSPS) is 26.3. The molecule has 0 aliphatic carbocycles. The van der Waals surface area contributed by atoms with Gasteiger partial charge >= 0.3 is 11.9 Å². The molecule has 2 aliphatic rings. The van der Waals surface area contributed by atoms with Gasteiger partial charge in [0.2, 0.25) is 5.60 Å². The highest BCUT2D eigenvalue weighted by atomic mass is 16.6. The number of hydrogen-bond donors (Lipinski definition) is 3. The zero-order valence-electron chi connectivity index (χ0n) is 17.1. The molecule has 0 amide bonds. The van der Waals surface area contributed by atoms with E-state index >= 15 is 0 Å². The number of carbonyl (C=O) groups excluding carboxylic acids is 2. The Kier molecular flexibility index (Phi) is 6.70. The first-order valence-electron chi connectivity index (χ1n) is 9.50. The molecule has 0 spiro atoms. The molecule has 0 aromatic rings. The van der Waals surface area contributed by atoms with Gasteiger partial charge in [-0.25, -0.2) is 9.59 Å². The lowest BCUT2D eigenvalue weighted by molar-refractivity contribution is -0.213. The number of esters is 2. The predicted octanol–water partition coefficient (Wildman–Crippen LogP) is 0.305. The van der Waals surface area contributed by atoms with Gasteiger partial charge in [0.1, 0.15) is 18.3 Å². The number of nitrogens with zero attached hydrogens (tertiary/aromatic N) is 1. The van der Waals surface area contributed by atoms with Gasteiger partial charge in [0.15, 0.2) is 0 Å². The van der Waals surface area contributed by atoms with Gasteiger partial charge in [-0.1, -0.05) is 12.2 Å². The van der Waals surface area contributed by atoms with Crippen molar-refractivity contribution in [2.45, 2.75) is 70.5 Å². The van der Waals surface area contributed by atoms with Crippen molar-refractivity contribution in [2.24, 2.45) is 0 Å². The molecule has 0 radical (unpaired) electrons. The van der Waals surface area contributed by atoms with E-state index in [2.05, 4.69) is 4.90 Å². The van der Waals surface area contributed by atoms with Crippen LogP contribution in [0.3, 0.4) is 0 Å². The van der Waals surface area contributed by atoms with Crippen molar-refractivity contribution in [3.8, 4) is 0 Å². The van der Waals surface area contributed by atoms with E-state index in [1.165, 1.54) is 20.8 Å². The smallest absolute Gasteiger partial charge is 0.344 e. The molecule has 2 aliphatic heterocycles. The molecule has 158 valence electrons. The van der Waals surface area contributed by atoms with Gasteiger partial charge in [0.25, 0.3) is 0 Å². The van der Waals surface area contributed by atoms with Crippen molar-refractivity contribution in [1.82, 2.24) is 4.90 Å². The monoisotopic (exact) mass is 397 g/mol. The van der Waals surface area contributed by atoms with Crippen LogP contribution in [0.1, 0.15) is 41.0 Å². The van der Waals surface area contributed by atoms with E-state index in [0.29, 0.717) is 18.5 Å². The second kappa shape index (κ2) is 8.32. The summed E-state index contributed by atoms with van der Waals surface area (Å²) in [7, 11) is 0. The van der Waals surface area contributed by atoms with Crippen LogP contribution in [-0.2, 0) is 19.1 Å². The SMILES string of the molecule is C/C=C(\C)C(=O)O[C@@H]1CCN2CC=C(COC(=O)[C@@](O)([C@H](C)O)C(C)(C)O)C12. The molecule has 1 unspecified atom stereocenters. The zero-order chi connectivity index (χ0) is 21.3. The lowest BCUT2D eigenvalue weighted by Gasteiger charge is -2.38. The lowest BCUT2D eigenvalue weighted by Crippen LogP contribution is -2.63. The number of hydrogen-bond acceptors (Lipinski definition) is 8. The van der Waals surface area contributed by atoms with Crippen molar-refractivity contribution in [3.63, 3.8) is 0 Å². The third kappa shape index (κ3) is 4.15. The molecule has 3 N–H and O–H groups in total. The number of carbonyl (C=O) groups is 2. The second-order valence-corrected chi connectivity index (χ2v) is 8.00. The maximum absolute atomic E-state index is 12.5. The van der Waals surface area contributed by atoms with Gasteiger partial charge in [0.05, 0.1) is 12.1 Å². The average Bonchev–Trinajstić information content (AvgIpc) is 3.20. The summed E-state index contributed by atoms with van der Waals surface area (Å²) in [5.41, 5.74) is -3.06. The minimum absolute atomic E-state index is 0.123. The van der Waals surface area contributed by atoms with Crippen LogP contribution in [-0.4, -0.2) is 81.3 Å². The Morgan fingerprint density at radius 2 is 2.04 bits per heavy atom. The Labute approximate surface area is 165 Å². The molecule has 8 nitrogen and oxygen atoms in total. The molecule has 28 heavy (non-hydrogen) atoms. The van der Waals surface area contributed by atoms with Crippen LogP contribution in [0.15, 0.2) is 23.3 Å². The van der Waals surface area contributed by atoms with Gasteiger partial charge in [-0.05, 0) is 46.6 Å². The summed E-state index contributed by atoms with van der Waals surface area (Å²) in [5.74, 6) is -1.48. The molecule has 0 saturated carbocycles. The van der Waals surface area contributed by atoms with Gasteiger partial charge in [-0.2, -0.15) is 0 Å². The third-order valence-electron chi connectivity index (χ3n) is 5.65. The van der Waals surface area contributed by atoms with E-state index in [-0.39, 0.29) is 24.7 Å². The Morgan fingerprint density at radius 1 is 1.39 bits per heavy atom. The highest BCUT2D eigenvalue weighted by Gasteiger charge is 2.54. The van der Waals surface area contributed by atoms with Gasteiger partial charge in [-0.3, -0.25) is 4.90 Å². The van der Waals surface area contributed by atoms with Crippen molar-refractivity contribution in [1.29, 1.82) is 0 Å². The Morgan fingerprint density at radius 3 is 2.57 bits per heavy atom. The highest BCUT2D eigenvalue weighted by molar-refractivity contribution is 5.87. The zero-order valence-corrected chi connectivity index (χ0v) is 17.1. The number of fused-ring (bicyclic) bond motifs is 1. The standard InChI is InChI=1S/C20H31NO7/c1-6-12(2)17(23)28-15-8-10-21-9-7-14(16(15)21)11-27-18(24)20(26,13(3)22)19(4,5)25/h6-7,13,15-16,22,25-26H,8-11H2,1-5H3/b12-6+/t13-,15+,16?,20-/m0/s1. The summed E-state index contributed by atoms with van der Waals surface area (Å²) < 4.78 is 10.9. The quantitative estimate of drug-likeness (QED) is 0.319. The van der Waals surface area contributed by atoms with E-state index in [4.69, 9.17) is 9.47 Å². The lowest BCUT2D eigenvalue weighted by atomic mass is 9.81. The van der Waals surface area contributed by atoms with E-state index in [1.54, 1.807) is 19.9 Å². The number of allylic oxidation sites excluding steroid dienone is 1. The molecule has 0 aromatic carbocycles. The molecular formula is C20H31NO7. The molecule has 1 saturated heterocycles. The van der Waals surface area contributed by atoms with Crippen LogP contribution >= 0.6 is 0 Å². The third-order valence-corrected chi connectivity index (χ3v) is 5.65. The first-order chi connectivity index (χ1) is 12.9. The molecule has 4 atom stereocenters. The molecular weight excluding hydrogens is 366 g/mol. The number of aliphatic hydroxyl groups is 3. The van der Waals surface area contributed by atoms with E-state index in [9.17, 15) is 24.9 Å². The largest absolute Gasteiger partial charge is 0.459 e. The Balaban J connectivity index is 2.06. The van der Waals surface area contributed by atoms with Gasteiger partial charge in [-0.15, -0.1) is 0 Å². The van der Waals surface area contributed by atoms with Crippen LogP contribution in [0.5, 0.6) is 0 Å². The topological polar surface area (TPSA) is 117 Å². The van der Waals surface area contributed by atoms with Crippen molar-refractivity contribution >= 4 is 11.9 Å². The maximum atomic E-state index is 12.5. The van der Waals surface area contributed by atoms with E-state index < -0.39 is 23.3 Å². The summed E-state index contributed by atoms with van der Waals surface area (Å²) in [6.45, 7) is 8.42. The summed E-state index contributed by atoms with van der Waals surface area (Å²) in [6, 6.07) is -0.191. The van der Waals surface area contributed by atoms with Crippen LogP contribution in [0.25, 0.3) is 0 Å². The van der Waals surface area contributed by atoms with Crippen LogP contribution < -0.4 is 0 Å². The van der Waals surface area contributed by atoms with E-state index in [0.717, 1.165) is 12.1 Å². The minimum Gasteiger partial charge on any atom is -0.459 e. The average molecular weight is 397 g/mol. The van der Waals surface area contributed by atoms with Crippen molar-refractivity contribution in [3.05, 3.63) is 23.3 Å². The molecule has 8 heteroatoms. The fourth-order valence-corrected chi connectivity index (χ4v) is 3.66. The Bertz CT molecular complexity index is 677. The summed E-state index contributed by atoms with van der Waals surface area (Å²) >= 11 is 0. The fraction of sp³-hybridized carbons (Fsp3) is 0.700. The van der Waals surface area contributed by atoms with Gasteiger partial charge in [0, 0.05) is 18.7 Å². The minimum atomic E-state index is -2.46. The summed E-state index contributed by atoms with van der Waals surface area (Å²) in [5, 5.41) is 30.5. The molecule has 0 bridgehead atoms. The second-order valence-electron chi connectivity index (χ2n) is 8.00. The first kappa shape index (κ1) is 22.5. The molecule has 2 rings (SSSR count). The van der Waals surface area contributed by atoms with Crippen LogP contribution in [0.2, 0.25) is 0 Å². The van der Waals surface area contributed by atoms with Crippen molar-refractivity contribution in [2.75, 3.05) is 19.7 Å². The van der Waals surface area contributed by atoms with Crippen molar-refractivity contribution < 1.29 is 34.4 Å². The number of rotatable bonds is 7. The number of ether oxygens (including phenoxy) is 2. The van der Waals surface area contributed by atoms with Crippen LogP contribution in [0.4, 0.5) is 0 Å². The maximum Gasteiger partial charge on any atom is 0.344 e. The van der Waals surface area contributed by atoms with Crippen LogP contribution in [0, 0.1) is 0 Å². The van der Waals surface area contributed by atoms with E-state index in [1.807, 2.05) is 6.08 Å². The first-order valence-corrected chi connectivity index (χ1v) is 9.50. The highest BCUT2D eigenvalue weighted by Crippen LogP contribution is 2.33. The molecule has 0 aromatic heterocycles. The molecule has 1 fully saturated rings. The summed E-state index contributed by atoms with van der Waals surface area (Å²) in [4.78, 5) is 26.7. The number of aliphatic hydroxyl groups excluding tert-OH is 1. The summed E-state index contributed by atoms with van der Waals surface area (Å²) in [6.07, 6.45) is 2.40. The Hall–Kier alpha value is -1.74. The fourth-order valence-electron chi connectivity index (χ4n) is 3.66. The molecule has 2 heterocycles. The predicted molar refractivity (Wildman–Crippen MR) is 101 cm³/mol.